The van der Waals surface area contributed by atoms with Crippen LogP contribution in [0.3, 0.4) is 0 Å². The molecule has 1 aliphatic rings. The second-order valence-electron chi connectivity index (χ2n) is 6.52. The summed E-state index contributed by atoms with van der Waals surface area (Å²) in [6.45, 7) is 1.05. The summed E-state index contributed by atoms with van der Waals surface area (Å²) in [5.74, 6) is -0.469. The lowest BCUT2D eigenvalue weighted by atomic mass is 9.99. The predicted molar refractivity (Wildman–Crippen MR) is 103 cm³/mol. The average Bonchev–Trinajstić information content (AvgIpc) is 3.17. The van der Waals surface area contributed by atoms with Crippen LogP contribution in [0.25, 0.3) is 10.2 Å². The van der Waals surface area contributed by atoms with Crippen molar-refractivity contribution < 1.29 is 14.3 Å². The third-order valence-electron chi connectivity index (χ3n) is 4.66. The van der Waals surface area contributed by atoms with E-state index in [1.807, 2.05) is 18.2 Å². The molecule has 4 rings (SSSR count). The maximum atomic E-state index is 12.5. The summed E-state index contributed by atoms with van der Waals surface area (Å²) in [6.07, 6.45) is 4.94. The number of carbonyl (C=O) groups excluding carboxylic acids is 2. The van der Waals surface area contributed by atoms with Gasteiger partial charge in [0.25, 0.3) is 5.91 Å². The molecule has 27 heavy (non-hydrogen) atoms. The van der Waals surface area contributed by atoms with E-state index < -0.39 is 5.97 Å². The van der Waals surface area contributed by atoms with Crippen molar-refractivity contribution in [3.8, 4) is 0 Å². The summed E-state index contributed by atoms with van der Waals surface area (Å²) in [5, 5.41) is 1.07. The summed E-state index contributed by atoms with van der Waals surface area (Å²) in [7, 11) is 0. The van der Waals surface area contributed by atoms with Crippen molar-refractivity contribution in [3.05, 3.63) is 59.4 Å². The van der Waals surface area contributed by atoms with E-state index in [1.54, 1.807) is 34.6 Å². The number of thiazole rings is 1. The van der Waals surface area contributed by atoms with Gasteiger partial charge in [-0.2, -0.15) is 0 Å². The molecule has 3 aromatic rings. The van der Waals surface area contributed by atoms with Gasteiger partial charge in [-0.05, 0) is 37.1 Å². The van der Waals surface area contributed by atoms with Crippen LogP contribution in [0.2, 0.25) is 0 Å². The molecular weight excluding hydrogens is 362 g/mol. The fourth-order valence-electron chi connectivity index (χ4n) is 3.26. The molecule has 0 bridgehead atoms. The minimum absolute atomic E-state index is 0.168. The molecule has 0 N–H and O–H groups in total. The molecule has 0 aliphatic carbocycles. The molecule has 1 atom stereocenters. The molecule has 1 aliphatic heterocycles. The Balaban J connectivity index is 1.37. The van der Waals surface area contributed by atoms with Gasteiger partial charge in [0.2, 0.25) is 0 Å². The first-order valence-electron chi connectivity index (χ1n) is 8.91. The van der Waals surface area contributed by atoms with Crippen LogP contribution in [0, 0.1) is 0 Å². The Kier molecular flexibility index (Phi) is 5.11. The molecule has 138 valence electrons. The van der Waals surface area contributed by atoms with Crippen LogP contribution in [0.15, 0.2) is 48.8 Å². The minimum atomic E-state index is -0.531. The normalized spacial score (nSPS) is 17.0. The first-order chi connectivity index (χ1) is 13.2. The Labute approximate surface area is 160 Å². The Morgan fingerprint density at radius 1 is 1.22 bits per heavy atom. The fourth-order valence-corrected chi connectivity index (χ4v) is 4.35. The van der Waals surface area contributed by atoms with E-state index in [9.17, 15) is 9.59 Å². The smallest absolute Gasteiger partial charge is 0.340 e. The van der Waals surface area contributed by atoms with Gasteiger partial charge in [-0.1, -0.05) is 12.1 Å². The third kappa shape index (κ3) is 3.98. The lowest BCUT2D eigenvalue weighted by Crippen LogP contribution is -2.41. The summed E-state index contributed by atoms with van der Waals surface area (Å²) in [5.41, 5.74) is 1.35. The van der Waals surface area contributed by atoms with Gasteiger partial charge in [-0.25, -0.2) is 9.78 Å². The molecule has 0 spiro atoms. The second-order valence-corrected chi connectivity index (χ2v) is 7.58. The number of para-hydroxylation sites is 1. The van der Waals surface area contributed by atoms with Crippen molar-refractivity contribution in [2.24, 2.45) is 0 Å². The number of hydrogen-bond acceptors (Lipinski definition) is 6. The monoisotopic (exact) mass is 381 g/mol. The first kappa shape index (κ1) is 17.6. The van der Waals surface area contributed by atoms with E-state index in [0.717, 1.165) is 23.4 Å². The number of aromatic nitrogens is 2. The standard InChI is InChI=1S/C20H19N3O3S/c24-18(13-26-20(25)14-5-3-9-21-11-14)23-10-4-6-15(12-23)19-22-16-7-1-2-8-17(16)27-19/h1-3,5,7-9,11,15H,4,6,10,12-13H2/t15-/m1/s1. The number of benzene rings is 1. The highest BCUT2D eigenvalue weighted by molar-refractivity contribution is 7.18. The highest BCUT2D eigenvalue weighted by atomic mass is 32.1. The Morgan fingerprint density at radius 3 is 2.93 bits per heavy atom. The van der Waals surface area contributed by atoms with Crippen LogP contribution in [0.1, 0.15) is 34.1 Å². The SMILES string of the molecule is O=C(OCC(=O)N1CCC[C@@H](c2nc3ccccc3s2)C1)c1cccnc1. The van der Waals surface area contributed by atoms with E-state index >= 15 is 0 Å². The number of amides is 1. The molecule has 7 heteroatoms. The Morgan fingerprint density at radius 2 is 2.11 bits per heavy atom. The van der Waals surface area contributed by atoms with E-state index in [-0.39, 0.29) is 18.4 Å². The number of nitrogens with zero attached hydrogens (tertiary/aromatic N) is 3. The number of carbonyl (C=O) groups is 2. The van der Waals surface area contributed by atoms with Gasteiger partial charge < -0.3 is 9.64 Å². The van der Waals surface area contributed by atoms with Crippen LogP contribution in [0.4, 0.5) is 0 Å². The minimum Gasteiger partial charge on any atom is -0.452 e. The molecule has 1 fully saturated rings. The zero-order chi connectivity index (χ0) is 18.6. The summed E-state index contributed by atoms with van der Waals surface area (Å²) in [4.78, 5) is 34.9. The molecule has 1 amide bonds. The number of ether oxygens (including phenoxy) is 1. The summed E-state index contributed by atoms with van der Waals surface area (Å²) < 4.78 is 6.32. The van der Waals surface area contributed by atoms with Crippen molar-refractivity contribution in [3.63, 3.8) is 0 Å². The third-order valence-corrected chi connectivity index (χ3v) is 5.86. The number of rotatable bonds is 4. The van der Waals surface area contributed by atoms with Gasteiger partial charge in [-0.3, -0.25) is 9.78 Å². The van der Waals surface area contributed by atoms with Gasteiger partial charge in [0.1, 0.15) is 0 Å². The number of pyridine rings is 1. The van der Waals surface area contributed by atoms with E-state index in [4.69, 9.17) is 9.72 Å². The number of esters is 1. The molecule has 2 aromatic heterocycles. The molecule has 0 saturated carbocycles. The van der Waals surface area contributed by atoms with Crippen molar-refractivity contribution in [2.45, 2.75) is 18.8 Å². The van der Waals surface area contributed by atoms with Gasteiger partial charge in [-0.15, -0.1) is 11.3 Å². The highest BCUT2D eigenvalue weighted by Crippen LogP contribution is 2.32. The lowest BCUT2D eigenvalue weighted by molar-refractivity contribution is -0.135. The summed E-state index contributed by atoms with van der Waals surface area (Å²) >= 11 is 1.69. The maximum absolute atomic E-state index is 12.5. The zero-order valence-corrected chi connectivity index (χ0v) is 15.5. The molecular formula is C20H19N3O3S. The largest absolute Gasteiger partial charge is 0.452 e. The predicted octanol–water partition coefficient (Wildman–Crippen LogP) is 3.25. The van der Waals surface area contributed by atoms with Crippen LogP contribution < -0.4 is 0 Å². The Bertz CT molecular complexity index is 924. The molecule has 6 nitrogen and oxygen atoms in total. The number of hydrogen-bond donors (Lipinski definition) is 0. The average molecular weight is 381 g/mol. The zero-order valence-electron chi connectivity index (χ0n) is 14.7. The molecule has 3 heterocycles. The summed E-state index contributed by atoms with van der Waals surface area (Å²) in [6, 6.07) is 11.4. The molecule has 0 unspecified atom stereocenters. The lowest BCUT2D eigenvalue weighted by Gasteiger charge is -2.31. The fraction of sp³-hybridized carbons (Fsp3) is 0.300. The number of fused-ring (bicyclic) bond motifs is 1. The van der Waals surface area contributed by atoms with Gasteiger partial charge >= 0.3 is 5.97 Å². The second kappa shape index (κ2) is 7.84. The quantitative estimate of drug-likeness (QED) is 0.649. The van der Waals surface area contributed by atoms with Crippen LogP contribution in [-0.4, -0.2) is 46.4 Å². The number of piperidine rings is 1. The van der Waals surface area contributed by atoms with Crippen molar-refractivity contribution in [2.75, 3.05) is 19.7 Å². The maximum Gasteiger partial charge on any atom is 0.340 e. The molecule has 0 radical (unpaired) electrons. The van der Waals surface area contributed by atoms with Gasteiger partial charge in [0.15, 0.2) is 6.61 Å². The highest BCUT2D eigenvalue weighted by Gasteiger charge is 2.27. The van der Waals surface area contributed by atoms with Crippen molar-refractivity contribution >= 4 is 33.4 Å². The first-order valence-corrected chi connectivity index (χ1v) is 9.73. The van der Waals surface area contributed by atoms with Gasteiger partial charge in [0.05, 0.1) is 20.8 Å². The van der Waals surface area contributed by atoms with E-state index in [2.05, 4.69) is 11.1 Å². The van der Waals surface area contributed by atoms with Crippen LogP contribution in [0.5, 0.6) is 0 Å². The topological polar surface area (TPSA) is 72.4 Å². The van der Waals surface area contributed by atoms with E-state index in [1.165, 1.54) is 10.9 Å². The molecule has 1 saturated heterocycles. The van der Waals surface area contributed by atoms with E-state index in [0.29, 0.717) is 18.7 Å². The van der Waals surface area contributed by atoms with Crippen molar-refractivity contribution in [1.29, 1.82) is 0 Å². The van der Waals surface area contributed by atoms with Crippen molar-refractivity contribution in [1.82, 2.24) is 14.9 Å². The number of likely N-dealkylation sites (tertiary alicyclic amines) is 1. The van der Waals surface area contributed by atoms with Crippen LogP contribution >= 0.6 is 11.3 Å². The van der Waals surface area contributed by atoms with Gasteiger partial charge in [0, 0.05) is 31.4 Å². The Hall–Kier alpha value is -2.80. The molecule has 1 aromatic carbocycles. The van der Waals surface area contributed by atoms with Crippen LogP contribution in [-0.2, 0) is 9.53 Å².